The van der Waals surface area contributed by atoms with Crippen molar-refractivity contribution in [1.29, 1.82) is 0 Å². The van der Waals surface area contributed by atoms with Gasteiger partial charge < -0.3 is 10.2 Å². The SMILES string of the molecule is CCN(Cc1ccccc1)C(=O)CNC(=O)C1CCCCC1. The van der Waals surface area contributed by atoms with Gasteiger partial charge >= 0.3 is 0 Å². The molecule has 22 heavy (non-hydrogen) atoms. The van der Waals surface area contributed by atoms with E-state index in [9.17, 15) is 9.59 Å². The van der Waals surface area contributed by atoms with Crippen LogP contribution in [0.3, 0.4) is 0 Å². The van der Waals surface area contributed by atoms with Gasteiger partial charge in [-0.05, 0) is 25.3 Å². The van der Waals surface area contributed by atoms with E-state index in [-0.39, 0.29) is 24.3 Å². The van der Waals surface area contributed by atoms with Gasteiger partial charge in [0.2, 0.25) is 11.8 Å². The monoisotopic (exact) mass is 302 g/mol. The van der Waals surface area contributed by atoms with Gasteiger partial charge in [0.1, 0.15) is 0 Å². The second-order valence-electron chi connectivity index (χ2n) is 5.95. The molecule has 4 nitrogen and oxygen atoms in total. The van der Waals surface area contributed by atoms with Crippen LogP contribution in [-0.4, -0.2) is 29.8 Å². The van der Waals surface area contributed by atoms with Crippen LogP contribution >= 0.6 is 0 Å². The Morgan fingerprint density at radius 2 is 1.82 bits per heavy atom. The van der Waals surface area contributed by atoms with E-state index < -0.39 is 0 Å². The summed E-state index contributed by atoms with van der Waals surface area (Å²) in [5.41, 5.74) is 1.11. The van der Waals surface area contributed by atoms with Crippen molar-refractivity contribution >= 4 is 11.8 Å². The smallest absolute Gasteiger partial charge is 0.242 e. The fourth-order valence-electron chi connectivity index (χ4n) is 2.96. The van der Waals surface area contributed by atoms with Crippen LogP contribution in [0.25, 0.3) is 0 Å². The van der Waals surface area contributed by atoms with Crippen molar-refractivity contribution in [1.82, 2.24) is 10.2 Å². The van der Waals surface area contributed by atoms with Crippen molar-refractivity contribution in [3.05, 3.63) is 35.9 Å². The van der Waals surface area contributed by atoms with Crippen molar-refractivity contribution in [2.45, 2.75) is 45.6 Å². The Morgan fingerprint density at radius 1 is 1.14 bits per heavy atom. The largest absolute Gasteiger partial charge is 0.347 e. The van der Waals surface area contributed by atoms with Gasteiger partial charge in [0.25, 0.3) is 0 Å². The first-order chi connectivity index (χ1) is 10.7. The van der Waals surface area contributed by atoms with Gasteiger partial charge in [-0.3, -0.25) is 9.59 Å². The lowest BCUT2D eigenvalue weighted by atomic mass is 9.89. The predicted octanol–water partition coefficient (Wildman–Crippen LogP) is 2.73. The maximum Gasteiger partial charge on any atom is 0.242 e. The second-order valence-corrected chi connectivity index (χ2v) is 5.95. The molecule has 4 heteroatoms. The molecule has 1 aromatic rings. The highest BCUT2D eigenvalue weighted by molar-refractivity contribution is 5.85. The third-order valence-electron chi connectivity index (χ3n) is 4.34. The molecule has 1 N–H and O–H groups in total. The highest BCUT2D eigenvalue weighted by Crippen LogP contribution is 2.23. The zero-order valence-electron chi connectivity index (χ0n) is 13.4. The molecule has 0 aliphatic heterocycles. The van der Waals surface area contributed by atoms with Gasteiger partial charge in [-0.25, -0.2) is 0 Å². The quantitative estimate of drug-likeness (QED) is 0.878. The van der Waals surface area contributed by atoms with Crippen LogP contribution in [0.4, 0.5) is 0 Å². The summed E-state index contributed by atoms with van der Waals surface area (Å²) in [6.45, 7) is 3.31. The van der Waals surface area contributed by atoms with Gasteiger partial charge in [-0.2, -0.15) is 0 Å². The Balaban J connectivity index is 1.80. The predicted molar refractivity (Wildman–Crippen MR) is 87.1 cm³/mol. The van der Waals surface area contributed by atoms with Crippen LogP contribution in [0, 0.1) is 5.92 Å². The molecule has 0 atom stereocenters. The Hall–Kier alpha value is -1.84. The highest BCUT2D eigenvalue weighted by atomic mass is 16.2. The van der Waals surface area contributed by atoms with Crippen molar-refractivity contribution < 1.29 is 9.59 Å². The molecule has 1 saturated carbocycles. The van der Waals surface area contributed by atoms with E-state index in [1.165, 1.54) is 6.42 Å². The number of nitrogens with one attached hydrogen (secondary N) is 1. The second kappa shape index (κ2) is 8.57. The van der Waals surface area contributed by atoms with Crippen molar-refractivity contribution in [2.75, 3.05) is 13.1 Å². The first-order valence-corrected chi connectivity index (χ1v) is 8.30. The molecule has 1 fully saturated rings. The molecule has 2 amide bonds. The van der Waals surface area contributed by atoms with Crippen molar-refractivity contribution in [3.63, 3.8) is 0 Å². The number of hydrogen-bond acceptors (Lipinski definition) is 2. The summed E-state index contributed by atoms with van der Waals surface area (Å²) in [6.07, 6.45) is 5.40. The lowest BCUT2D eigenvalue weighted by Crippen LogP contribution is -2.42. The van der Waals surface area contributed by atoms with E-state index in [0.717, 1.165) is 31.2 Å². The molecule has 0 bridgehead atoms. The van der Waals surface area contributed by atoms with Crippen LogP contribution in [-0.2, 0) is 16.1 Å². The maximum absolute atomic E-state index is 12.3. The lowest BCUT2D eigenvalue weighted by Gasteiger charge is -2.23. The summed E-state index contributed by atoms with van der Waals surface area (Å²) in [4.78, 5) is 26.1. The third-order valence-corrected chi connectivity index (χ3v) is 4.34. The molecule has 1 aliphatic carbocycles. The van der Waals surface area contributed by atoms with E-state index >= 15 is 0 Å². The lowest BCUT2D eigenvalue weighted by molar-refractivity contribution is -0.134. The summed E-state index contributed by atoms with van der Waals surface area (Å²) >= 11 is 0. The maximum atomic E-state index is 12.3. The van der Waals surface area contributed by atoms with Crippen molar-refractivity contribution in [3.8, 4) is 0 Å². The number of likely N-dealkylation sites (N-methyl/N-ethyl adjacent to an activating group) is 1. The fourth-order valence-corrected chi connectivity index (χ4v) is 2.96. The number of benzene rings is 1. The molecular weight excluding hydrogens is 276 g/mol. The average molecular weight is 302 g/mol. The first-order valence-electron chi connectivity index (χ1n) is 8.30. The Bertz CT molecular complexity index is 481. The summed E-state index contributed by atoms with van der Waals surface area (Å²) in [5.74, 6) is 0.130. The number of carbonyl (C=O) groups excluding carboxylic acids is 2. The number of rotatable bonds is 6. The number of hydrogen-bond donors (Lipinski definition) is 1. The Labute approximate surface area is 132 Å². The van der Waals surface area contributed by atoms with Crippen LogP contribution < -0.4 is 5.32 Å². The Morgan fingerprint density at radius 3 is 2.45 bits per heavy atom. The molecular formula is C18H26N2O2. The molecule has 0 spiro atoms. The van der Waals surface area contributed by atoms with Crippen LogP contribution in [0.15, 0.2) is 30.3 Å². The topological polar surface area (TPSA) is 49.4 Å². The fraction of sp³-hybridized carbons (Fsp3) is 0.556. The van der Waals surface area contributed by atoms with Gasteiger partial charge in [0, 0.05) is 19.0 Å². The van der Waals surface area contributed by atoms with Crippen LogP contribution in [0.5, 0.6) is 0 Å². The van der Waals surface area contributed by atoms with Crippen LogP contribution in [0.2, 0.25) is 0 Å². The molecule has 0 aromatic heterocycles. The van der Waals surface area contributed by atoms with Crippen molar-refractivity contribution in [2.24, 2.45) is 5.92 Å². The van der Waals surface area contributed by atoms with E-state index in [1.54, 1.807) is 4.90 Å². The highest BCUT2D eigenvalue weighted by Gasteiger charge is 2.22. The molecule has 2 rings (SSSR count). The van der Waals surface area contributed by atoms with E-state index in [2.05, 4.69) is 5.32 Å². The molecule has 0 heterocycles. The zero-order valence-corrected chi connectivity index (χ0v) is 13.4. The molecule has 0 saturated heterocycles. The summed E-state index contributed by atoms with van der Waals surface area (Å²) in [5, 5.41) is 2.82. The normalized spacial score (nSPS) is 15.3. The molecule has 1 aliphatic rings. The number of nitrogens with zero attached hydrogens (tertiary/aromatic N) is 1. The summed E-state index contributed by atoms with van der Waals surface area (Å²) < 4.78 is 0. The minimum atomic E-state index is -0.0180. The minimum Gasteiger partial charge on any atom is -0.347 e. The number of carbonyl (C=O) groups is 2. The summed E-state index contributed by atoms with van der Waals surface area (Å²) in [6, 6.07) is 9.93. The van der Waals surface area contributed by atoms with Gasteiger partial charge in [0.15, 0.2) is 0 Å². The molecule has 1 aromatic carbocycles. The van der Waals surface area contributed by atoms with Gasteiger partial charge in [0.05, 0.1) is 6.54 Å². The van der Waals surface area contributed by atoms with E-state index in [0.29, 0.717) is 13.1 Å². The molecule has 0 unspecified atom stereocenters. The average Bonchev–Trinajstić information content (AvgIpc) is 2.59. The van der Waals surface area contributed by atoms with E-state index in [1.807, 2.05) is 37.3 Å². The van der Waals surface area contributed by atoms with Crippen LogP contribution in [0.1, 0.15) is 44.6 Å². The number of amides is 2. The van der Waals surface area contributed by atoms with E-state index in [4.69, 9.17) is 0 Å². The molecule has 120 valence electrons. The standard InChI is InChI=1S/C18H26N2O2/c1-2-20(14-15-9-5-3-6-10-15)17(21)13-19-18(22)16-11-7-4-8-12-16/h3,5-6,9-10,16H,2,4,7-8,11-14H2,1H3,(H,19,22). The van der Waals surface area contributed by atoms with Gasteiger partial charge in [-0.15, -0.1) is 0 Å². The first kappa shape index (κ1) is 16.5. The zero-order chi connectivity index (χ0) is 15.8. The third kappa shape index (κ3) is 4.86. The Kier molecular flexibility index (Phi) is 6.44. The minimum absolute atomic E-state index is 0.0180. The van der Waals surface area contributed by atoms with Gasteiger partial charge in [-0.1, -0.05) is 49.6 Å². The molecule has 0 radical (unpaired) electrons. The summed E-state index contributed by atoms with van der Waals surface area (Å²) in [7, 11) is 0.